The van der Waals surface area contributed by atoms with Gasteiger partial charge in [0.05, 0.1) is 0 Å². The second kappa shape index (κ2) is 3.82. The summed E-state index contributed by atoms with van der Waals surface area (Å²) in [6.45, 7) is 2.71. The number of H-pyrrole nitrogens is 1. The molecule has 2 aromatic rings. The van der Waals surface area contributed by atoms with Crippen LogP contribution in [0.3, 0.4) is 0 Å². The number of anilines is 1. The molecule has 6 heteroatoms. The van der Waals surface area contributed by atoms with Crippen molar-refractivity contribution in [3.05, 3.63) is 12.2 Å². The first-order valence-electron chi connectivity index (χ1n) is 4.86. The molecule has 0 saturated carbocycles. The summed E-state index contributed by atoms with van der Waals surface area (Å²) in [5, 5.41) is 0. The van der Waals surface area contributed by atoms with Crippen molar-refractivity contribution < 1.29 is 0 Å². The molecular formula is C9H14N6. The van der Waals surface area contributed by atoms with Gasteiger partial charge in [0.15, 0.2) is 11.5 Å². The molecule has 2 aromatic heterocycles. The molecule has 0 fully saturated rings. The summed E-state index contributed by atoms with van der Waals surface area (Å²) in [4.78, 5) is 15.4. The van der Waals surface area contributed by atoms with Gasteiger partial charge in [-0.15, -0.1) is 0 Å². The first-order chi connectivity index (χ1) is 7.20. The minimum Gasteiger partial charge on any atom is -0.382 e. The number of aromatic amines is 1. The number of nitrogens with one attached hydrogen (secondary N) is 1. The molecule has 5 N–H and O–H groups in total. The molecular weight excluding hydrogens is 192 g/mol. The van der Waals surface area contributed by atoms with Crippen molar-refractivity contribution in [2.75, 3.05) is 12.3 Å². The number of hydrogen-bond acceptors (Lipinski definition) is 5. The van der Waals surface area contributed by atoms with Gasteiger partial charge in [-0.1, -0.05) is 6.92 Å². The van der Waals surface area contributed by atoms with Crippen LogP contribution in [0.1, 0.15) is 12.7 Å². The van der Waals surface area contributed by atoms with Crippen LogP contribution in [0.15, 0.2) is 6.33 Å². The van der Waals surface area contributed by atoms with E-state index in [0.717, 1.165) is 12.2 Å². The van der Waals surface area contributed by atoms with E-state index in [0.29, 0.717) is 29.4 Å². The molecule has 15 heavy (non-hydrogen) atoms. The molecule has 0 amide bonds. The summed E-state index contributed by atoms with van der Waals surface area (Å²) in [5.41, 5.74) is 12.6. The topological polar surface area (TPSA) is 106 Å². The van der Waals surface area contributed by atoms with Gasteiger partial charge in [-0.3, -0.25) is 0 Å². The van der Waals surface area contributed by atoms with Crippen LogP contribution in [0.25, 0.3) is 11.2 Å². The molecule has 0 spiro atoms. The lowest BCUT2D eigenvalue weighted by Gasteiger charge is -2.03. The van der Waals surface area contributed by atoms with Gasteiger partial charge in [-0.2, -0.15) is 0 Å². The molecule has 0 aromatic carbocycles. The lowest BCUT2D eigenvalue weighted by Crippen LogP contribution is -2.13. The fourth-order valence-corrected chi connectivity index (χ4v) is 1.40. The van der Waals surface area contributed by atoms with Crippen molar-refractivity contribution >= 4 is 17.0 Å². The van der Waals surface area contributed by atoms with Gasteiger partial charge in [0.1, 0.15) is 17.7 Å². The maximum atomic E-state index is 5.69. The van der Waals surface area contributed by atoms with Crippen molar-refractivity contribution in [1.29, 1.82) is 0 Å². The fourth-order valence-electron chi connectivity index (χ4n) is 1.40. The van der Waals surface area contributed by atoms with Gasteiger partial charge in [0.25, 0.3) is 0 Å². The summed E-state index contributed by atoms with van der Waals surface area (Å²) < 4.78 is 0. The molecule has 0 aliphatic heterocycles. The van der Waals surface area contributed by atoms with Crippen molar-refractivity contribution in [3.63, 3.8) is 0 Å². The predicted molar refractivity (Wildman–Crippen MR) is 58.0 cm³/mol. The number of fused-ring (bicyclic) bond motifs is 1. The predicted octanol–water partition coefficient (Wildman–Crippen LogP) is 0.0724. The van der Waals surface area contributed by atoms with Crippen LogP contribution in [0.5, 0.6) is 0 Å². The van der Waals surface area contributed by atoms with Crippen LogP contribution in [0.2, 0.25) is 0 Å². The smallest absolute Gasteiger partial charge is 0.183 e. The van der Waals surface area contributed by atoms with Crippen molar-refractivity contribution in [2.45, 2.75) is 13.3 Å². The average molecular weight is 206 g/mol. The number of hydrogen-bond donors (Lipinski definition) is 3. The van der Waals surface area contributed by atoms with E-state index in [4.69, 9.17) is 11.5 Å². The van der Waals surface area contributed by atoms with E-state index in [1.807, 2.05) is 0 Å². The van der Waals surface area contributed by atoms with Crippen LogP contribution in [-0.4, -0.2) is 26.5 Å². The Kier molecular flexibility index (Phi) is 2.51. The van der Waals surface area contributed by atoms with E-state index in [2.05, 4.69) is 26.9 Å². The number of rotatable bonds is 3. The van der Waals surface area contributed by atoms with E-state index in [-0.39, 0.29) is 0 Å². The summed E-state index contributed by atoms with van der Waals surface area (Å²) in [7, 11) is 0. The van der Waals surface area contributed by atoms with Crippen molar-refractivity contribution in [3.8, 4) is 0 Å². The maximum absolute atomic E-state index is 5.69. The molecule has 0 radical (unpaired) electrons. The van der Waals surface area contributed by atoms with Crippen LogP contribution in [0.4, 0.5) is 5.82 Å². The van der Waals surface area contributed by atoms with Gasteiger partial charge in [0, 0.05) is 6.42 Å². The monoisotopic (exact) mass is 206 g/mol. The summed E-state index contributed by atoms with van der Waals surface area (Å²) in [6.07, 6.45) is 2.21. The highest BCUT2D eigenvalue weighted by Crippen LogP contribution is 2.14. The number of aromatic nitrogens is 4. The second-order valence-electron chi connectivity index (χ2n) is 3.69. The lowest BCUT2D eigenvalue weighted by molar-refractivity contribution is 0.578. The van der Waals surface area contributed by atoms with Gasteiger partial charge < -0.3 is 16.5 Å². The molecule has 0 bridgehead atoms. The molecule has 2 rings (SSSR count). The molecule has 2 heterocycles. The zero-order valence-electron chi connectivity index (χ0n) is 8.57. The summed E-state index contributed by atoms with van der Waals surface area (Å²) in [6, 6.07) is 0. The highest BCUT2D eigenvalue weighted by Gasteiger charge is 2.09. The van der Waals surface area contributed by atoms with Crippen LogP contribution < -0.4 is 11.5 Å². The molecule has 80 valence electrons. The van der Waals surface area contributed by atoms with Gasteiger partial charge in [-0.05, 0) is 12.5 Å². The summed E-state index contributed by atoms with van der Waals surface area (Å²) in [5.74, 6) is 1.68. The highest BCUT2D eigenvalue weighted by molar-refractivity contribution is 5.80. The lowest BCUT2D eigenvalue weighted by atomic mass is 10.1. The second-order valence-corrected chi connectivity index (χ2v) is 3.69. The normalized spacial score (nSPS) is 13.2. The largest absolute Gasteiger partial charge is 0.382 e. The Morgan fingerprint density at radius 3 is 2.93 bits per heavy atom. The minimum atomic E-state index is 0.389. The number of nitrogens with zero attached hydrogens (tertiary/aromatic N) is 3. The zero-order valence-corrected chi connectivity index (χ0v) is 8.57. The SMILES string of the molecule is CC(CN)Cc1nc2ncnc(N)c2[nH]1. The minimum absolute atomic E-state index is 0.389. The van der Waals surface area contributed by atoms with E-state index in [1.54, 1.807) is 0 Å². The Morgan fingerprint density at radius 2 is 2.27 bits per heavy atom. The molecule has 6 nitrogen and oxygen atoms in total. The quantitative estimate of drug-likeness (QED) is 0.659. The van der Waals surface area contributed by atoms with E-state index >= 15 is 0 Å². The third-order valence-electron chi connectivity index (χ3n) is 2.31. The Labute approximate surface area is 87.1 Å². The van der Waals surface area contributed by atoms with Crippen LogP contribution in [0, 0.1) is 5.92 Å². The number of nitrogens with two attached hydrogens (primary N) is 2. The Hall–Kier alpha value is -1.69. The first kappa shape index (κ1) is 9.85. The zero-order chi connectivity index (χ0) is 10.8. The number of nitrogen functional groups attached to an aromatic ring is 1. The third-order valence-corrected chi connectivity index (χ3v) is 2.31. The first-order valence-corrected chi connectivity index (χ1v) is 4.86. The van der Waals surface area contributed by atoms with Gasteiger partial charge in [0.2, 0.25) is 0 Å². The highest BCUT2D eigenvalue weighted by atomic mass is 15.0. The number of imidazole rings is 1. The Balaban J connectivity index is 2.35. The summed E-state index contributed by atoms with van der Waals surface area (Å²) >= 11 is 0. The van der Waals surface area contributed by atoms with Gasteiger partial charge in [-0.25, -0.2) is 15.0 Å². The fraction of sp³-hybridized carbons (Fsp3) is 0.444. The van der Waals surface area contributed by atoms with Crippen LogP contribution >= 0.6 is 0 Å². The molecule has 1 atom stereocenters. The van der Waals surface area contributed by atoms with Crippen molar-refractivity contribution in [1.82, 2.24) is 19.9 Å². The van der Waals surface area contributed by atoms with E-state index in [9.17, 15) is 0 Å². The Bertz CT molecular complexity index is 463. The standard InChI is InChI=1S/C9H14N6/c1-5(3-10)2-6-14-7-8(11)12-4-13-9(7)15-6/h4-5H,2-3,10H2,1H3,(H3,11,12,13,14,15). The molecule has 0 aliphatic carbocycles. The van der Waals surface area contributed by atoms with Crippen LogP contribution in [-0.2, 0) is 6.42 Å². The molecule has 0 saturated heterocycles. The molecule has 1 unspecified atom stereocenters. The Morgan fingerprint density at radius 1 is 1.47 bits per heavy atom. The van der Waals surface area contributed by atoms with E-state index in [1.165, 1.54) is 6.33 Å². The van der Waals surface area contributed by atoms with Crippen molar-refractivity contribution in [2.24, 2.45) is 11.7 Å². The maximum Gasteiger partial charge on any atom is 0.183 e. The molecule has 0 aliphatic rings. The van der Waals surface area contributed by atoms with E-state index < -0.39 is 0 Å². The third kappa shape index (κ3) is 1.89. The van der Waals surface area contributed by atoms with Gasteiger partial charge >= 0.3 is 0 Å². The average Bonchev–Trinajstić information content (AvgIpc) is 2.62.